The third-order valence-corrected chi connectivity index (χ3v) is 9.06. The molecule has 3 aliphatic carbocycles. The quantitative estimate of drug-likeness (QED) is 0.295. The van der Waals surface area contributed by atoms with Crippen LogP contribution in [0.1, 0.15) is 90.8 Å². The van der Waals surface area contributed by atoms with E-state index in [0.717, 1.165) is 24.1 Å². The van der Waals surface area contributed by atoms with Crippen molar-refractivity contribution in [2.24, 2.45) is 11.8 Å². The second-order valence-corrected chi connectivity index (χ2v) is 11.6. The van der Waals surface area contributed by atoms with Crippen LogP contribution in [0.4, 0.5) is 8.78 Å². The van der Waals surface area contributed by atoms with Crippen molar-refractivity contribution in [3.05, 3.63) is 94.7 Å². The Morgan fingerprint density at radius 1 is 0.949 bits per heavy atom. The number of pyridine rings is 1. The van der Waals surface area contributed by atoms with Gasteiger partial charge < -0.3 is 4.90 Å². The zero-order valence-corrected chi connectivity index (χ0v) is 22.4. The molecule has 39 heavy (non-hydrogen) atoms. The van der Waals surface area contributed by atoms with Crippen LogP contribution in [0.2, 0.25) is 0 Å². The number of hydrogen-bond donors (Lipinski definition) is 0. The Hall–Kier alpha value is -3.34. The number of amides is 1. The summed E-state index contributed by atoms with van der Waals surface area (Å²) in [5, 5.41) is 0. The molecule has 3 aromatic rings. The van der Waals surface area contributed by atoms with Gasteiger partial charge in [-0.1, -0.05) is 44.3 Å². The van der Waals surface area contributed by atoms with Gasteiger partial charge >= 0.3 is 0 Å². The second-order valence-electron chi connectivity index (χ2n) is 11.6. The Bertz CT molecular complexity index is 1360. The van der Waals surface area contributed by atoms with Gasteiger partial charge in [-0.25, -0.2) is 8.78 Å². The van der Waals surface area contributed by atoms with Gasteiger partial charge in [0.15, 0.2) is 0 Å². The molecule has 0 unspecified atom stereocenters. The minimum Gasteiger partial charge on any atom is -0.334 e. The van der Waals surface area contributed by atoms with Crippen molar-refractivity contribution >= 4 is 12.0 Å². The average Bonchev–Trinajstić information content (AvgIpc) is 2.94. The lowest BCUT2D eigenvalue weighted by Gasteiger charge is -2.38. The summed E-state index contributed by atoms with van der Waals surface area (Å²) in [6.07, 6.45) is 17.3. The molecule has 0 bridgehead atoms. The fraction of sp³-hybridized carbons (Fsp3) is 0.412. The molecule has 1 aromatic heterocycles. The van der Waals surface area contributed by atoms with Crippen molar-refractivity contribution in [3.63, 3.8) is 0 Å². The number of halogens is 2. The summed E-state index contributed by atoms with van der Waals surface area (Å²) in [5.74, 6) is 1.02. The lowest BCUT2D eigenvalue weighted by atomic mass is 9.66. The summed E-state index contributed by atoms with van der Waals surface area (Å²) < 4.78 is 28.7. The van der Waals surface area contributed by atoms with E-state index in [9.17, 15) is 9.18 Å². The van der Waals surface area contributed by atoms with E-state index in [-0.39, 0.29) is 24.1 Å². The summed E-state index contributed by atoms with van der Waals surface area (Å²) in [4.78, 5) is 20.0. The lowest BCUT2D eigenvalue weighted by Crippen LogP contribution is -2.32. The fourth-order valence-corrected chi connectivity index (χ4v) is 6.60. The van der Waals surface area contributed by atoms with Gasteiger partial charge in [-0.3, -0.25) is 9.78 Å². The number of hydrogen-bond acceptors (Lipinski definition) is 2. The number of allylic oxidation sites excluding steroid dienone is 1. The number of carbonyl (C=O) groups excluding carboxylic acids is 1. The molecule has 0 saturated heterocycles. The van der Waals surface area contributed by atoms with Crippen LogP contribution >= 0.6 is 0 Å². The first-order valence-electron chi connectivity index (χ1n) is 14.6. The molecule has 6 rings (SSSR count). The molecule has 5 heteroatoms. The molecular weight excluding hydrogens is 490 g/mol. The third kappa shape index (κ3) is 5.68. The van der Waals surface area contributed by atoms with Crippen molar-refractivity contribution in [1.29, 1.82) is 0 Å². The van der Waals surface area contributed by atoms with E-state index in [0.29, 0.717) is 35.4 Å². The summed E-state index contributed by atoms with van der Waals surface area (Å²) in [6.45, 7) is 0.704. The SMILES string of the molecule is O=C(c1ccc(F)cc1)N(CCCC1CCCCC1)Cc1cc(-c2cc3c(cn2)[C@H]2CC[C@H]2C=C3)ccc1F. The fourth-order valence-electron chi connectivity index (χ4n) is 6.60. The van der Waals surface area contributed by atoms with Crippen LogP contribution in [0.3, 0.4) is 0 Å². The molecule has 2 saturated carbocycles. The number of fused-ring (bicyclic) bond motifs is 3. The first kappa shape index (κ1) is 25.9. The highest BCUT2D eigenvalue weighted by atomic mass is 19.1. The van der Waals surface area contributed by atoms with Crippen molar-refractivity contribution in [2.45, 2.75) is 70.3 Å². The maximum atomic E-state index is 15.1. The van der Waals surface area contributed by atoms with E-state index < -0.39 is 0 Å². The van der Waals surface area contributed by atoms with Crippen LogP contribution < -0.4 is 0 Å². The summed E-state index contributed by atoms with van der Waals surface area (Å²) in [5.41, 5.74) is 5.05. The standard InChI is InChI=1S/C34H36F2N2O/c35-29-14-10-25(11-15-29)34(39)38(18-4-7-23-5-2-1-3-6-23)22-28-19-27(13-17-32(28)36)33-20-26-9-8-24-12-16-30(24)31(26)21-37-33/h8-11,13-15,17,19-21,23-24,30H,1-7,12,16,18,22H2/t24-,30+/m1/s1. The minimum atomic E-state index is -0.380. The first-order chi connectivity index (χ1) is 19.0. The number of benzene rings is 2. The van der Waals surface area contributed by atoms with Crippen LogP contribution in [0.5, 0.6) is 0 Å². The van der Waals surface area contributed by atoms with Gasteiger partial charge in [0.25, 0.3) is 5.91 Å². The van der Waals surface area contributed by atoms with Crippen LogP contribution in [0, 0.1) is 23.5 Å². The Kier molecular flexibility index (Phi) is 7.58. The first-order valence-corrected chi connectivity index (χ1v) is 14.6. The van der Waals surface area contributed by atoms with Gasteiger partial charge in [0.1, 0.15) is 11.6 Å². The van der Waals surface area contributed by atoms with E-state index in [1.807, 2.05) is 12.3 Å². The molecule has 0 N–H and O–H groups in total. The highest BCUT2D eigenvalue weighted by Crippen LogP contribution is 2.48. The molecule has 2 atom stereocenters. The van der Waals surface area contributed by atoms with E-state index in [2.05, 4.69) is 18.2 Å². The molecule has 0 radical (unpaired) electrons. The second kappa shape index (κ2) is 11.4. The largest absolute Gasteiger partial charge is 0.334 e. The number of rotatable bonds is 8. The van der Waals surface area contributed by atoms with E-state index in [1.54, 1.807) is 11.0 Å². The maximum absolute atomic E-state index is 15.1. The minimum absolute atomic E-state index is 0.162. The monoisotopic (exact) mass is 526 g/mol. The van der Waals surface area contributed by atoms with Gasteiger partial charge in [-0.15, -0.1) is 0 Å². The average molecular weight is 527 g/mol. The molecule has 2 aromatic carbocycles. The van der Waals surface area contributed by atoms with Gasteiger partial charge in [-0.2, -0.15) is 0 Å². The lowest BCUT2D eigenvalue weighted by molar-refractivity contribution is 0.0735. The highest BCUT2D eigenvalue weighted by Gasteiger charge is 2.34. The third-order valence-electron chi connectivity index (χ3n) is 9.06. The Morgan fingerprint density at radius 3 is 2.54 bits per heavy atom. The maximum Gasteiger partial charge on any atom is 0.254 e. The van der Waals surface area contributed by atoms with Crippen molar-refractivity contribution in [1.82, 2.24) is 9.88 Å². The Morgan fingerprint density at radius 2 is 1.77 bits per heavy atom. The summed E-state index contributed by atoms with van der Waals surface area (Å²) >= 11 is 0. The predicted octanol–water partition coefficient (Wildman–Crippen LogP) is 8.55. The molecule has 0 spiro atoms. The van der Waals surface area contributed by atoms with Gasteiger partial charge in [-0.05, 0) is 103 Å². The number of aromatic nitrogens is 1. The number of carbonyl (C=O) groups is 1. The van der Waals surface area contributed by atoms with Crippen molar-refractivity contribution in [3.8, 4) is 11.3 Å². The van der Waals surface area contributed by atoms with E-state index in [4.69, 9.17) is 4.98 Å². The Balaban J connectivity index is 1.23. The Labute approximate surface area is 230 Å². The molecule has 0 aliphatic heterocycles. The van der Waals surface area contributed by atoms with Crippen molar-refractivity contribution < 1.29 is 13.6 Å². The highest BCUT2D eigenvalue weighted by molar-refractivity contribution is 5.94. The number of nitrogens with zero attached hydrogens (tertiary/aromatic N) is 2. The van der Waals surface area contributed by atoms with E-state index in [1.165, 1.54) is 86.4 Å². The zero-order valence-electron chi connectivity index (χ0n) is 22.4. The normalized spacial score (nSPS) is 20.2. The van der Waals surface area contributed by atoms with Gasteiger partial charge in [0.05, 0.1) is 5.69 Å². The van der Waals surface area contributed by atoms with Crippen LogP contribution in [-0.2, 0) is 6.54 Å². The van der Waals surface area contributed by atoms with Gasteiger partial charge in [0.2, 0.25) is 0 Å². The molecule has 202 valence electrons. The van der Waals surface area contributed by atoms with Crippen LogP contribution in [0.15, 0.2) is 60.8 Å². The predicted molar refractivity (Wildman–Crippen MR) is 151 cm³/mol. The molecule has 1 amide bonds. The van der Waals surface area contributed by atoms with Crippen molar-refractivity contribution in [2.75, 3.05) is 6.54 Å². The van der Waals surface area contributed by atoms with E-state index >= 15 is 4.39 Å². The smallest absolute Gasteiger partial charge is 0.254 e. The van der Waals surface area contributed by atoms with Crippen LogP contribution in [-0.4, -0.2) is 22.3 Å². The molecule has 3 aliphatic rings. The summed E-state index contributed by atoms with van der Waals surface area (Å²) in [7, 11) is 0. The molecule has 1 heterocycles. The van der Waals surface area contributed by atoms with Gasteiger partial charge in [0, 0.05) is 36.0 Å². The molecule has 3 nitrogen and oxygen atoms in total. The summed E-state index contributed by atoms with van der Waals surface area (Å²) in [6, 6.07) is 12.8. The zero-order chi connectivity index (χ0) is 26.8. The van der Waals surface area contributed by atoms with Crippen LogP contribution in [0.25, 0.3) is 17.3 Å². The topological polar surface area (TPSA) is 33.2 Å². The molecular formula is C34H36F2N2O. The molecule has 2 fully saturated rings.